The normalized spacial score (nSPS) is 12.4. The van der Waals surface area contributed by atoms with Crippen molar-refractivity contribution >= 4 is 40.6 Å². The maximum absolute atomic E-state index is 12.0. The maximum atomic E-state index is 12.0. The Hall–Kier alpha value is -0.910. The van der Waals surface area contributed by atoms with Crippen molar-refractivity contribution in [1.29, 1.82) is 0 Å². The second kappa shape index (κ2) is 9.18. The van der Waals surface area contributed by atoms with Crippen molar-refractivity contribution in [1.82, 2.24) is 4.90 Å². The Kier molecular flexibility index (Phi) is 7.93. The van der Waals surface area contributed by atoms with Crippen LogP contribution in [0, 0.1) is 0 Å². The molecule has 0 fully saturated rings. The van der Waals surface area contributed by atoms with Crippen LogP contribution in [0.25, 0.3) is 0 Å². The van der Waals surface area contributed by atoms with Crippen molar-refractivity contribution in [2.45, 2.75) is 25.8 Å². The Morgan fingerprint density at radius 2 is 2.24 bits per heavy atom. The van der Waals surface area contributed by atoms with Gasteiger partial charge >= 0.3 is 0 Å². The molecule has 0 saturated heterocycles. The summed E-state index contributed by atoms with van der Waals surface area (Å²) in [5, 5.41) is 3.34. The molecule has 0 aromatic heterocycles. The molecule has 0 aliphatic heterocycles. The van der Waals surface area contributed by atoms with Crippen LogP contribution in [-0.4, -0.2) is 42.4 Å². The summed E-state index contributed by atoms with van der Waals surface area (Å²) in [5.41, 5.74) is 6.87. The molecule has 0 radical (unpaired) electrons. The molecular weight excluding hydrogens is 306 g/mol. The molecule has 0 saturated carbocycles. The zero-order chi connectivity index (χ0) is 15.8. The third kappa shape index (κ3) is 6.16. The van der Waals surface area contributed by atoms with Gasteiger partial charge in [0.05, 0.1) is 10.7 Å². The van der Waals surface area contributed by atoms with Crippen LogP contribution in [0.4, 0.5) is 11.4 Å². The third-order valence-corrected chi connectivity index (χ3v) is 4.49. The molecule has 1 unspecified atom stereocenters. The second-order valence-corrected chi connectivity index (χ2v) is 6.35. The number of amides is 1. The monoisotopic (exact) mass is 329 g/mol. The number of hydrogen-bond donors (Lipinski definition) is 2. The van der Waals surface area contributed by atoms with Gasteiger partial charge in [0.2, 0.25) is 5.91 Å². The van der Waals surface area contributed by atoms with Gasteiger partial charge in [-0.2, -0.15) is 11.8 Å². The largest absolute Gasteiger partial charge is 0.397 e. The molecular formula is C15H24ClN3OS. The first-order valence-electron chi connectivity index (χ1n) is 7.02. The van der Waals surface area contributed by atoms with Crippen molar-refractivity contribution in [3.63, 3.8) is 0 Å². The van der Waals surface area contributed by atoms with E-state index in [1.54, 1.807) is 18.2 Å². The van der Waals surface area contributed by atoms with Gasteiger partial charge in [-0.05, 0) is 37.9 Å². The topological polar surface area (TPSA) is 58.4 Å². The second-order valence-electron chi connectivity index (χ2n) is 5.03. The standard InChI is InChI=1S/C15H24ClN3OS/c1-4-12(10-21-3)19(2)8-7-15(20)18-11-5-6-13(16)14(17)9-11/h5-6,9,12H,4,7-8,10,17H2,1-3H3,(H,18,20). The lowest BCUT2D eigenvalue weighted by molar-refractivity contribution is -0.116. The summed E-state index contributed by atoms with van der Waals surface area (Å²) in [7, 11) is 2.07. The highest BCUT2D eigenvalue weighted by Crippen LogP contribution is 2.22. The Morgan fingerprint density at radius 1 is 1.52 bits per heavy atom. The SMILES string of the molecule is CCC(CSC)N(C)CCC(=O)Nc1ccc(Cl)c(N)c1. The van der Waals surface area contributed by atoms with E-state index in [4.69, 9.17) is 17.3 Å². The van der Waals surface area contributed by atoms with Crippen LogP contribution >= 0.6 is 23.4 Å². The fourth-order valence-electron chi connectivity index (χ4n) is 2.05. The predicted octanol–water partition coefficient (Wildman–Crippen LogP) is 3.32. The fourth-order valence-corrected chi connectivity index (χ4v) is 3.05. The highest BCUT2D eigenvalue weighted by atomic mass is 35.5. The maximum Gasteiger partial charge on any atom is 0.225 e. The quantitative estimate of drug-likeness (QED) is 0.718. The van der Waals surface area contributed by atoms with Crippen molar-refractivity contribution in [3.8, 4) is 0 Å². The summed E-state index contributed by atoms with van der Waals surface area (Å²) in [4.78, 5) is 14.2. The van der Waals surface area contributed by atoms with Gasteiger partial charge in [-0.15, -0.1) is 0 Å². The molecule has 1 aromatic rings. The minimum atomic E-state index is -0.0115. The number of thioether (sulfide) groups is 1. The van der Waals surface area contributed by atoms with Gasteiger partial charge in [0.25, 0.3) is 0 Å². The summed E-state index contributed by atoms with van der Waals surface area (Å²) < 4.78 is 0. The van der Waals surface area contributed by atoms with Crippen LogP contribution in [0.1, 0.15) is 19.8 Å². The van der Waals surface area contributed by atoms with Crippen LogP contribution in [-0.2, 0) is 4.79 Å². The first kappa shape index (κ1) is 18.1. The van der Waals surface area contributed by atoms with E-state index in [1.807, 2.05) is 11.8 Å². The van der Waals surface area contributed by atoms with Gasteiger partial charge in [-0.3, -0.25) is 4.79 Å². The van der Waals surface area contributed by atoms with Crippen LogP contribution in [0.2, 0.25) is 5.02 Å². The van der Waals surface area contributed by atoms with Gasteiger partial charge < -0.3 is 16.0 Å². The molecule has 118 valence electrons. The van der Waals surface area contributed by atoms with Crippen molar-refractivity contribution < 1.29 is 4.79 Å². The molecule has 0 aliphatic carbocycles. The molecule has 0 aliphatic rings. The Morgan fingerprint density at radius 3 is 2.81 bits per heavy atom. The van der Waals surface area contributed by atoms with Gasteiger partial charge in [0, 0.05) is 30.4 Å². The van der Waals surface area contributed by atoms with E-state index in [0.717, 1.165) is 18.7 Å². The first-order chi connectivity index (χ1) is 9.97. The predicted molar refractivity (Wildman–Crippen MR) is 94.2 cm³/mol. The van der Waals surface area contributed by atoms with E-state index < -0.39 is 0 Å². The molecule has 1 atom stereocenters. The van der Waals surface area contributed by atoms with Gasteiger partial charge in [0.1, 0.15) is 0 Å². The zero-order valence-electron chi connectivity index (χ0n) is 12.9. The molecule has 4 nitrogen and oxygen atoms in total. The minimum absolute atomic E-state index is 0.0115. The van der Waals surface area contributed by atoms with E-state index in [1.165, 1.54) is 0 Å². The molecule has 3 N–H and O–H groups in total. The number of hydrogen-bond acceptors (Lipinski definition) is 4. The summed E-state index contributed by atoms with van der Waals surface area (Å²) in [5.74, 6) is 1.07. The van der Waals surface area contributed by atoms with Gasteiger partial charge in [0.15, 0.2) is 0 Å². The molecule has 1 rings (SSSR count). The van der Waals surface area contributed by atoms with Crippen LogP contribution in [0.3, 0.4) is 0 Å². The van der Waals surface area contributed by atoms with Gasteiger partial charge in [-0.1, -0.05) is 18.5 Å². The van der Waals surface area contributed by atoms with E-state index >= 15 is 0 Å². The number of halogens is 1. The first-order valence-corrected chi connectivity index (χ1v) is 8.79. The number of nitrogens with two attached hydrogens (primary N) is 1. The summed E-state index contributed by atoms with van der Waals surface area (Å²) >= 11 is 7.69. The number of nitrogens with zero attached hydrogens (tertiary/aromatic N) is 1. The number of benzene rings is 1. The van der Waals surface area contributed by atoms with Crippen LogP contribution in [0.5, 0.6) is 0 Å². The molecule has 6 heteroatoms. The highest BCUT2D eigenvalue weighted by Gasteiger charge is 2.13. The van der Waals surface area contributed by atoms with Crippen molar-refractivity contribution in [3.05, 3.63) is 23.2 Å². The summed E-state index contributed by atoms with van der Waals surface area (Å²) in [6.45, 7) is 2.92. The lowest BCUT2D eigenvalue weighted by Gasteiger charge is -2.26. The number of carbonyl (C=O) groups excluding carboxylic acids is 1. The number of rotatable bonds is 8. The lowest BCUT2D eigenvalue weighted by Crippen LogP contribution is -2.35. The number of nitrogen functional groups attached to an aromatic ring is 1. The molecule has 1 aromatic carbocycles. The van der Waals surface area contributed by atoms with Gasteiger partial charge in [-0.25, -0.2) is 0 Å². The molecule has 0 bridgehead atoms. The molecule has 0 heterocycles. The Labute approximate surface area is 136 Å². The number of nitrogens with one attached hydrogen (secondary N) is 1. The van der Waals surface area contributed by atoms with Crippen molar-refractivity contribution in [2.24, 2.45) is 0 Å². The lowest BCUT2D eigenvalue weighted by atomic mass is 10.2. The Bertz CT molecular complexity index is 470. The van der Waals surface area contributed by atoms with Crippen molar-refractivity contribution in [2.75, 3.05) is 36.7 Å². The van der Waals surface area contributed by atoms with E-state index in [-0.39, 0.29) is 5.91 Å². The van der Waals surface area contributed by atoms with Crippen LogP contribution < -0.4 is 11.1 Å². The zero-order valence-corrected chi connectivity index (χ0v) is 14.4. The van der Waals surface area contributed by atoms with E-state index in [9.17, 15) is 4.79 Å². The average Bonchev–Trinajstić information content (AvgIpc) is 2.46. The fraction of sp³-hybridized carbons (Fsp3) is 0.533. The van der Waals surface area contributed by atoms with E-state index in [2.05, 4.69) is 30.4 Å². The smallest absolute Gasteiger partial charge is 0.225 e. The third-order valence-electron chi connectivity index (χ3n) is 3.42. The van der Waals surface area contributed by atoms with Crippen LogP contribution in [0.15, 0.2) is 18.2 Å². The molecule has 0 spiro atoms. The van der Waals surface area contributed by atoms with E-state index in [0.29, 0.717) is 28.9 Å². The average molecular weight is 330 g/mol. The molecule has 21 heavy (non-hydrogen) atoms. The Balaban J connectivity index is 2.44. The minimum Gasteiger partial charge on any atom is -0.397 e. The summed E-state index contributed by atoms with van der Waals surface area (Å²) in [6.07, 6.45) is 3.66. The molecule has 1 amide bonds. The number of carbonyl (C=O) groups is 1. The highest BCUT2D eigenvalue weighted by molar-refractivity contribution is 7.98. The number of anilines is 2. The summed E-state index contributed by atoms with van der Waals surface area (Å²) in [6, 6.07) is 5.62.